The molecule has 8 nitrogen and oxygen atoms in total. The van der Waals surface area contributed by atoms with Crippen molar-refractivity contribution >= 4 is 35.1 Å². The summed E-state index contributed by atoms with van der Waals surface area (Å²) in [5, 5.41) is 12.4. The van der Waals surface area contributed by atoms with Gasteiger partial charge in [0.15, 0.2) is 0 Å². The molecule has 3 N–H and O–H groups in total. The lowest BCUT2D eigenvalue weighted by Crippen LogP contribution is -2.40. The van der Waals surface area contributed by atoms with Crippen LogP contribution in [0.5, 0.6) is 0 Å². The molecule has 1 atom stereocenters. The van der Waals surface area contributed by atoms with Crippen LogP contribution >= 0.6 is 11.6 Å². The molecule has 0 bridgehead atoms. The number of carbonyl (C=O) groups excluding carboxylic acids is 3. The summed E-state index contributed by atoms with van der Waals surface area (Å²) in [4.78, 5) is 36.2. The van der Waals surface area contributed by atoms with Gasteiger partial charge in [-0.3, -0.25) is 14.9 Å². The molecule has 9 heteroatoms. The number of urea groups is 1. The van der Waals surface area contributed by atoms with Crippen LogP contribution < -0.4 is 16.0 Å². The van der Waals surface area contributed by atoms with Gasteiger partial charge in [0.1, 0.15) is 5.54 Å². The van der Waals surface area contributed by atoms with Gasteiger partial charge in [-0.05, 0) is 48.9 Å². The Morgan fingerprint density at radius 3 is 2.62 bits per heavy atom. The van der Waals surface area contributed by atoms with E-state index >= 15 is 0 Å². The maximum atomic E-state index is 12.6. The van der Waals surface area contributed by atoms with Crippen molar-refractivity contribution in [3.05, 3.63) is 77.1 Å². The summed E-state index contributed by atoms with van der Waals surface area (Å²) in [6, 6.07) is 13.3. The SMILES string of the molecule is CC1(c2cccc(NC(=O)c3cnn(-c4ccc(Cl)cc4)c3)c2)NC(=O)NC1=O. The van der Waals surface area contributed by atoms with Crippen molar-refractivity contribution in [2.24, 2.45) is 0 Å². The summed E-state index contributed by atoms with van der Waals surface area (Å²) in [7, 11) is 0. The van der Waals surface area contributed by atoms with E-state index in [-0.39, 0.29) is 5.91 Å². The van der Waals surface area contributed by atoms with Gasteiger partial charge in [-0.1, -0.05) is 23.7 Å². The molecule has 0 saturated carbocycles. The highest BCUT2D eigenvalue weighted by molar-refractivity contribution is 6.30. The summed E-state index contributed by atoms with van der Waals surface area (Å²) in [6.07, 6.45) is 3.06. The minimum absolute atomic E-state index is 0.354. The third-order valence-electron chi connectivity index (χ3n) is 4.68. The molecule has 29 heavy (non-hydrogen) atoms. The second kappa shape index (κ2) is 7.06. The Morgan fingerprint density at radius 1 is 1.17 bits per heavy atom. The molecule has 0 radical (unpaired) electrons. The van der Waals surface area contributed by atoms with Crippen LogP contribution in [-0.2, 0) is 10.3 Å². The first-order valence-corrected chi connectivity index (χ1v) is 9.09. The maximum Gasteiger partial charge on any atom is 0.322 e. The number of hydrogen-bond donors (Lipinski definition) is 3. The van der Waals surface area contributed by atoms with Gasteiger partial charge >= 0.3 is 6.03 Å². The number of aromatic nitrogens is 2. The molecular weight excluding hydrogens is 394 g/mol. The summed E-state index contributed by atoms with van der Waals surface area (Å²) in [5.41, 5.74) is 0.976. The molecule has 1 aliphatic heterocycles. The Morgan fingerprint density at radius 2 is 1.93 bits per heavy atom. The van der Waals surface area contributed by atoms with Crippen LogP contribution in [0.15, 0.2) is 60.9 Å². The fourth-order valence-electron chi connectivity index (χ4n) is 3.03. The Balaban J connectivity index is 1.53. The lowest BCUT2D eigenvalue weighted by molar-refractivity contribution is -0.123. The molecule has 3 aromatic rings. The summed E-state index contributed by atoms with van der Waals surface area (Å²) < 4.78 is 1.57. The predicted molar refractivity (Wildman–Crippen MR) is 107 cm³/mol. The Labute approximate surface area is 170 Å². The summed E-state index contributed by atoms with van der Waals surface area (Å²) >= 11 is 5.89. The predicted octanol–water partition coefficient (Wildman–Crippen LogP) is 2.83. The minimum atomic E-state index is -1.20. The zero-order valence-electron chi connectivity index (χ0n) is 15.3. The van der Waals surface area contributed by atoms with Gasteiger partial charge in [0.25, 0.3) is 11.8 Å². The molecule has 146 valence electrons. The van der Waals surface area contributed by atoms with Gasteiger partial charge in [-0.25, -0.2) is 9.48 Å². The molecule has 1 saturated heterocycles. The van der Waals surface area contributed by atoms with Gasteiger partial charge < -0.3 is 10.6 Å². The van der Waals surface area contributed by atoms with Crippen molar-refractivity contribution in [3.8, 4) is 5.69 Å². The fraction of sp³-hybridized carbons (Fsp3) is 0.100. The van der Waals surface area contributed by atoms with Gasteiger partial charge in [-0.2, -0.15) is 5.10 Å². The third kappa shape index (κ3) is 3.57. The van der Waals surface area contributed by atoms with E-state index in [1.54, 1.807) is 66.3 Å². The molecule has 1 fully saturated rings. The maximum absolute atomic E-state index is 12.6. The number of benzene rings is 2. The van der Waals surface area contributed by atoms with E-state index in [1.165, 1.54) is 6.20 Å². The molecule has 4 rings (SSSR count). The number of carbonyl (C=O) groups is 3. The van der Waals surface area contributed by atoms with E-state index in [9.17, 15) is 14.4 Å². The van der Waals surface area contributed by atoms with Crippen molar-refractivity contribution in [1.82, 2.24) is 20.4 Å². The van der Waals surface area contributed by atoms with E-state index in [2.05, 4.69) is 21.0 Å². The van der Waals surface area contributed by atoms with Crippen LogP contribution in [-0.4, -0.2) is 27.6 Å². The lowest BCUT2D eigenvalue weighted by atomic mass is 9.92. The van der Waals surface area contributed by atoms with Crippen LogP contribution in [0.1, 0.15) is 22.8 Å². The van der Waals surface area contributed by atoms with E-state index in [0.717, 1.165) is 5.69 Å². The highest BCUT2D eigenvalue weighted by atomic mass is 35.5. The first kappa shape index (κ1) is 18.7. The van der Waals surface area contributed by atoms with Crippen molar-refractivity contribution in [3.63, 3.8) is 0 Å². The van der Waals surface area contributed by atoms with Crippen molar-refractivity contribution < 1.29 is 14.4 Å². The monoisotopic (exact) mass is 409 g/mol. The zero-order chi connectivity index (χ0) is 20.6. The smallest absolute Gasteiger partial charge is 0.322 e. The average Bonchev–Trinajstić information content (AvgIpc) is 3.28. The third-order valence-corrected chi connectivity index (χ3v) is 4.93. The molecule has 2 aromatic carbocycles. The fourth-order valence-corrected chi connectivity index (χ4v) is 3.16. The van der Waals surface area contributed by atoms with Crippen molar-refractivity contribution in [2.75, 3.05) is 5.32 Å². The summed E-state index contributed by atoms with van der Waals surface area (Å²) in [5.74, 6) is -0.803. The second-order valence-corrected chi connectivity index (χ2v) is 7.15. The first-order chi connectivity index (χ1) is 13.8. The lowest BCUT2D eigenvalue weighted by Gasteiger charge is -2.21. The molecule has 1 unspecified atom stereocenters. The molecule has 0 aliphatic carbocycles. The molecule has 0 spiro atoms. The zero-order valence-corrected chi connectivity index (χ0v) is 16.0. The summed E-state index contributed by atoms with van der Waals surface area (Å²) in [6.45, 7) is 1.60. The number of rotatable bonds is 4. The van der Waals surface area contributed by atoms with Crippen LogP contribution in [0, 0.1) is 0 Å². The van der Waals surface area contributed by atoms with Crippen molar-refractivity contribution in [1.29, 1.82) is 0 Å². The van der Waals surface area contributed by atoms with Crippen LogP contribution in [0.2, 0.25) is 5.02 Å². The van der Waals surface area contributed by atoms with Gasteiger partial charge in [0.2, 0.25) is 0 Å². The molecule has 1 aromatic heterocycles. The van der Waals surface area contributed by atoms with Crippen LogP contribution in [0.25, 0.3) is 5.69 Å². The van der Waals surface area contributed by atoms with Gasteiger partial charge in [0, 0.05) is 16.9 Å². The van der Waals surface area contributed by atoms with Gasteiger partial charge in [0.05, 0.1) is 17.4 Å². The Kier molecular flexibility index (Phi) is 4.56. The Bertz CT molecular complexity index is 1130. The largest absolute Gasteiger partial charge is 0.322 e. The van der Waals surface area contributed by atoms with Crippen LogP contribution in [0.4, 0.5) is 10.5 Å². The van der Waals surface area contributed by atoms with E-state index in [1.807, 2.05) is 0 Å². The number of nitrogens with zero attached hydrogens (tertiary/aromatic N) is 2. The standard InChI is InChI=1S/C20H16ClN5O3/c1-20(18(28)24-19(29)25-20)13-3-2-4-15(9-13)23-17(27)12-10-22-26(11-12)16-7-5-14(21)6-8-16/h2-11H,1H3,(H,23,27)(H2,24,25,28,29). The average molecular weight is 410 g/mol. The van der Waals surface area contributed by atoms with E-state index in [4.69, 9.17) is 11.6 Å². The number of hydrogen-bond acceptors (Lipinski definition) is 4. The molecular formula is C20H16ClN5O3. The topological polar surface area (TPSA) is 105 Å². The second-order valence-electron chi connectivity index (χ2n) is 6.72. The quantitative estimate of drug-likeness (QED) is 0.576. The number of anilines is 1. The number of amides is 4. The Hall–Kier alpha value is -3.65. The van der Waals surface area contributed by atoms with Gasteiger partial charge in [-0.15, -0.1) is 0 Å². The van der Waals surface area contributed by atoms with E-state index < -0.39 is 17.5 Å². The minimum Gasteiger partial charge on any atom is -0.322 e. The van der Waals surface area contributed by atoms with Crippen molar-refractivity contribution in [2.45, 2.75) is 12.5 Å². The number of imide groups is 1. The molecule has 4 amide bonds. The first-order valence-electron chi connectivity index (χ1n) is 8.71. The number of halogens is 1. The van der Waals surface area contributed by atoms with E-state index in [0.29, 0.717) is 21.8 Å². The normalized spacial score (nSPS) is 18.3. The number of nitrogens with one attached hydrogen (secondary N) is 3. The van der Waals surface area contributed by atoms with Crippen LogP contribution in [0.3, 0.4) is 0 Å². The highest BCUT2D eigenvalue weighted by Crippen LogP contribution is 2.26. The molecule has 1 aliphatic rings. The highest BCUT2D eigenvalue weighted by Gasteiger charge is 2.43. The molecule has 2 heterocycles.